The summed E-state index contributed by atoms with van der Waals surface area (Å²) in [5, 5.41) is 1.41. The lowest BCUT2D eigenvalue weighted by molar-refractivity contribution is -0.155. The summed E-state index contributed by atoms with van der Waals surface area (Å²) in [4.78, 5) is 29.2. The van der Waals surface area contributed by atoms with Crippen LogP contribution in [0.5, 0.6) is 0 Å². The van der Waals surface area contributed by atoms with Crippen LogP contribution in [0.1, 0.15) is 30.5 Å². The number of para-hydroxylation sites is 1. The minimum atomic E-state index is -4.42. The number of hydrogen-bond donors (Lipinski definition) is 0. The summed E-state index contributed by atoms with van der Waals surface area (Å²) in [6, 6.07) is 14.6. The van der Waals surface area contributed by atoms with Gasteiger partial charge in [-0.15, -0.1) is 0 Å². The van der Waals surface area contributed by atoms with Gasteiger partial charge in [-0.1, -0.05) is 29.8 Å². The number of aryl methyl sites for hydroxylation is 1. The zero-order chi connectivity index (χ0) is 28.2. The molecule has 1 fully saturated rings. The molecule has 0 N–H and O–H groups in total. The molecule has 0 unspecified atom stereocenters. The maximum Gasteiger partial charge on any atom is 0.389 e. The van der Waals surface area contributed by atoms with E-state index in [4.69, 9.17) is 11.6 Å². The second-order valence-corrected chi connectivity index (χ2v) is 13.0. The molecule has 3 aromatic rings. The molecular weight excluding hydrogens is 555 g/mol. The Kier molecular flexibility index (Phi) is 6.95. The molecule has 7 nitrogen and oxygen atoms in total. The number of carbonyl (C=O) groups excluding carboxylic acids is 2. The number of alkyl halides is 3. The molecule has 0 saturated carbocycles. The third kappa shape index (κ3) is 5.38. The average Bonchev–Trinajstić information content (AvgIpc) is 3.27. The summed E-state index contributed by atoms with van der Waals surface area (Å²) in [5.74, 6) is -0.814. The number of amides is 2. The fourth-order valence-electron chi connectivity index (χ4n) is 5.59. The number of anilines is 1. The van der Waals surface area contributed by atoms with Crippen LogP contribution in [0.25, 0.3) is 10.9 Å². The van der Waals surface area contributed by atoms with Gasteiger partial charge in [-0.25, -0.2) is 8.42 Å². The molecule has 2 aromatic carbocycles. The van der Waals surface area contributed by atoms with E-state index in [1.165, 1.54) is 11.2 Å². The van der Waals surface area contributed by atoms with Crippen LogP contribution in [0.2, 0.25) is 5.02 Å². The minimum Gasteiger partial charge on any atom is -0.343 e. The molecule has 0 atom stereocenters. The minimum absolute atomic E-state index is 0.0203. The van der Waals surface area contributed by atoms with Crippen LogP contribution >= 0.6 is 11.6 Å². The highest BCUT2D eigenvalue weighted by molar-refractivity contribution is 7.90. The number of fused-ring (bicyclic) bond motifs is 3. The van der Waals surface area contributed by atoms with Gasteiger partial charge in [-0.2, -0.15) is 13.2 Å². The van der Waals surface area contributed by atoms with E-state index in [9.17, 15) is 31.2 Å². The van der Waals surface area contributed by atoms with Crippen LogP contribution in [-0.2, 0) is 37.9 Å². The van der Waals surface area contributed by atoms with Crippen LogP contribution in [0, 0.1) is 0 Å². The third-order valence-electron chi connectivity index (χ3n) is 7.43. The van der Waals surface area contributed by atoms with E-state index in [1.54, 1.807) is 17.0 Å². The van der Waals surface area contributed by atoms with Crippen molar-refractivity contribution >= 4 is 49.8 Å². The van der Waals surface area contributed by atoms with Gasteiger partial charge in [0.2, 0.25) is 11.8 Å². The molecule has 0 aliphatic carbocycles. The summed E-state index contributed by atoms with van der Waals surface area (Å²) in [6.45, 7) is 0.681. The highest BCUT2D eigenvalue weighted by Gasteiger charge is 2.59. The normalized spacial score (nSPS) is 16.7. The van der Waals surface area contributed by atoms with E-state index in [1.807, 2.05) is 41.0 Å². The van der Waals surface area contributed by atoms with E-state index >= 15 is 0 Å². The van der Waals surface area contributed by atoms with Crippen molar-refractivity contribution in [2.24, 2.45) is 0 Å². The second kappa shape index (κ2) is 9.85. The molecule has 1 aromatic heterocycles. The van der Waals surface area contributed by atoms with Gasteiger partial charge in [0.05, 0.1) is 18.7 Å². The van der Waals surface area contributed by atoms with Crippen LogP contribution < -0.4 is 4.90 Å². The Hall–Kier alpha value is -3.05. The van der Waals surface area contributed by atoms with Gasteiger partial charge in [-0.3, -0.25) is 9.59 Å². The van der Waals surface area contributed by atoms with E-state index in [0.29, 0.717) is 23.7 Å². The topological polar surface area (TPSA) is 79.7 Å². The maximum atomic E-state index is 13.9. The fourth-order valence-corrected chi connectivity index (χ4v) is 6.42. The standard InChI is InChI=1S/C27H27ClF3N3O4S/c1-39(37,38)12-4-11-33-20(14-18-13-19(28)7-8-22(18)33)15-34-23-6-3-2-5-21(23)26(25(34)36)16-32(17-26)24(35)9-10-27(29,30)31/h2-3,5-8,13-14H,4,9-12,15-17H2,1H3. The first-order chi connectivity index (χ1) is 18.3. The predicted molar refractivity (Wildman–Crippen MR) is 142 cm³/mol. The average molecular weight is 582 g/mol. The Balaban J connectivity index is 1.42. The lowest BCUT2D eigenvalue weighted by Gasteiger charge is -2.47. The maximum absolute atomic E-state index is 13.9. The number of benzene rings is 2. The van der Waals surface area contributed by atoms with E-state index in [0.717, 1.165) is 22.2 Å². The molecule has 1 spiro atoms. The Morgan fingerprint density at radius 3 is 2.51 bits per heavy atom. The molecule has 2 aliphatic rings. The zero-order valence-electron chi connectivity index (χ0n) is 21.2. The predicted octanol–water partition coefficient (Wildman–Crippen LogP) is 4.70. The molecule has 3 heterocycles. The molecule has 2 aliphatic heterocycles. The molecule has 208 valence electrons. The highest BCUT2D eigenvalue weighted by atomic mass is 35.5. The number of sulfone groups is 1. The summed E-state index contributed by atoms with van der Waals surface area (Å²) in [6.07, 6.45) is -4.68. The Morgan fingerprint density at radius 1 is 1.10 bits per heavy atom. The number of aromatic nitrogens is 1. The summed E-state index contributed by atoms with van der Waals surface area (Å²) < 4.78 is 63.3. The van der Waals surface area contributed by atoms with Crippen LogP contribution in [0.15, 0.2) is 48.5 Å². The van der Waals surface area contributed by atoms with Crippen LogP contribution in [0.4, 0.5) is 18.9 Å². The summed E-state index contributed by atoms with van der Waals surface area (Å²) >= 11 is 6.21. The van der Waals surface area contributed by atoms with Crippen molar-refractivity contribution in [1.82, 2.24) is 9.47 Å². The molecule has 0 radical (unpaired) electrons. The first-order valence-corrected chi connectivity index (χ1v) is 14.9. The smallest absolute Gasteiger partial charge is 0.343 e. The summed E-state index contributed by atoms with van der Waals surface area (Å²) in [7, 11) is -3.15. The lowest BCUT2D eigenvalue weighted by atomic mass is 9.74. The van der Waals surface area contributed by atoms with Crippen molar-refractivity contribution in [1.29, 1.82) is 0 Å². The molecular formula is C27H27ClF3N3O4S. The van der Waals surface area contributed by atoms with Crippen molar-refractivity contribution in [3.05, 3.63) is 64.8 Å². The number of rotatable bonds is 8. The second-order valence-electron chi connectivity index (χ2n) is 10.3. The van der Waals surface area contributed by atoms with Gasteiger partial charge >= 0.3 is 6.18 Å². The van der Waals surface area contributed by atoms with E-state index < -0.39 is 40.2 Å². The number of carbonyl (C=O) groups is 2. The molecule has 1 saturated heterocycles. The molecule has 5 rings (SSSR count). The van der Waals surface area contributed by atoms with E-state index in [2.05, 4.69) is 0 Å². The van der Waals surface area contributed by atoms with E-state index in [-0.39, 0.29) is 31.3 Å². The van der Waals surface area contributed by atoms with Gasteiger partial charge in [0.15, 0.2) is 0 Å². The van der Waals surface area contributed by atoms with Gasteiger partial charge in [0, 0.05) is 59.6 Å². The van der Waals surface area contributed by atoms with Gasteiger partial charge in [0.1, 0.15) is 15.3 Å². The van der Waals surface area contributed by atoms with Crippen molar-refractivity contribution in [2.75, 3.05) is 30.0 Å². The van der Waals surface area contributed by atoms with Crippen molar-refractivity contribution in [3.63, 3.8) is 0 Å². The Labute approximate surface area is 229 Å². The first kappa shape index (κ1) is 27.5. The SMILES string of the molecule is CS(=O)(=O)CCCn1c(CN2C(=O)C3(CN(C(=O)CCC(F)(F)F)C3)c3ccccc32)cc2cc(Cl)ccc21. The van der Waals surface area contributed by atoms with Gasteiger partial charge < -0.3 is 14.4 Å². The zero-order valence-corrected chi connectivity index (χ0v) is 22.7. The number of likely N-dealkylation sites (tertiary alicyclic amines) is 1. The molecule has 39 heavy (non-hydrogen) atoms. The lowest BCUT2D eigenvalue weighted by Crippen LogP contribution is -2.65. The van der Waals surface area contributed by atoms with Crippen molar-refractivity contribution in [2.45, 2.75) is 43.9 Å². The Morgan fingerprint density at radius 2 is 1.82 bits per heavy atom. The van der Waals surface area contributed by atoms with Crippen LogP contribution in [-0.4, -0.2) is 61.0 Å². The first-order valence-electron chi connectivity index (χ1n) is 12.5. The summed E-state index contributed by atoms with van der Waals surface area (Å²) in [5.41, 5.74) is 2.09. The highest BCUT2D eigenvalue weighted by Crippen LogP contribution is 2.48. The van der Waals surface area contributed by atoms with Crippen molar-refractivity contribution < 1.29 is 31.2 Å². The number of hydrogen-bond acceptors (Lipinski definition) is 4. The quantitative estimate of drug-likeness (QED) is 0.386. The van der Waals surface area contributed by atoms with Gasteiger partial charge in [0.25, 0.3) is 0 Å². The largest absolute Gasteiger partial charge is 0.389 e. The molecule has 12 heteroatoms. The van der Waals surface area contributed by atoms with Crippen LogP contribution in [0.3, 0.4) is 0 Å². The molecule has 2 amide bonds. The number of nitrogens with zero attached hydrogens (tertiary/aromatic N) is 3. The van der Waals surface area contributed by atoms with Gasteiger partial charge in [-0.05, 0) is 42.3 Å². The third-order valence-corrected chi connectivity index (χ3v) is 8.69. The number of halogens is 4. The Bertz CT molecular complexity index is 1560. The van der Waals surface area contributed by atoms with Crippen molar-refractivity contribution in [3.8, 4) is 0 Å². The molecule has 0 bridgehead atoms. The fraction of sp³-hybridized carbons (Fsp3) is 0.407. The monoisotopic (exact) mass is 581 g/mol.